The van der Waals surface area contributed by atoms with Crippen LogP contribution >= 0.6 is 11.6 Å². The minimum absolute atomic E-state index is 0.0282. The lowest BCUT2D eigenvalue weighted by molar-refractivity contribution is -0.134. The van der Waals surface area contributed by atoms with Crippen LogP contribution in [0.4, 0.5) is 10.1 Å². The maximum Gasteiger partial charge on any atom is 0.250 e. The molecule has 20 heavy (non-hydrogen) atoms. The van der Waals surface area contributed by atoms with Gasteiger partial charge in [-0.2, -0.15) is 0 Å². The van der Waals surface area contributed by atoms with Crippen LogP contribution in [0.15, 0.2) is 18.2 Å². The van der Waals surface area contributed by atoms with Crippen molar-refractivity contribution in [3.63, 3.8) is 0 Å². The first kappa shape index (κ1) is 14.8. The number of piperazine rings is 1. The van der Waals surface area contributed by atoms with Crippen LogP contribution < -0.4 is 10.2 Å². The minimum atomic E-state index is -0.770. The molecule has 1 saturated heterocycles. The Balaban J connectivity index is 2.59. The van der Waals surface area contributed by atoms with Gasteiger partial charge in [-0.25, -0.2) is 4.39 Å². The maximum absolute atomic E-state index is 14.1. The van der Waals surface area contributed by atoms with Crippen molar-refractivity contribution in [3.8, 4) is 0 Å². The summed E-state index contributed by atoms with van der Waals surface area (Å²) in [5, 5.41) is 2.72. The summed E-state index contributed by atoms with van der Waals surface area (Å²) in [6.45, 7) is 5.17. The summed E-state index contributed by atoms with van der Waals surface area (Å²) in [6, 6.07) is 2.72. The lowest BCUT2D eigenvalue weighted by atomic mass is 9.96. The fraction of sp³-hybridized carbons (Fsp3) is 0.429. The summed E-state index contributed by atoms with van der Waals surface area (Å²) in [5.41, 5.74) is -0.0282. The lowest BCUT2D eigenvalue weighted by Crippen LogP contribution is -2.64. The fourth-order valence-corrected chi connectivity index (χ4v) is 2.65. The Morgan fingerprint density at radius 3 is 2.55 bits per heavy atom. The molecular weight excluding hydrogens is 283 g/mol. The molecule has 0 saturated carbocycles. The van der Waals surface area contributed by atoms with Gasteiger partial charge in [0.25, 0.3) is 0 Å². The molecule has 0 bridgehead atoms. The van der Waals surface area contributed by atoms with Crippen molar-refractivity contribution < 1.29 is 14.0 Å². The Morgan fingerprint density at radius 2 is 2.00 bits per heavy atom. The van der Waals surface area contributed by atoms with Crippen LogP contribution in [0.1, 0.15) is 20.8 Å². The molecule has 2 amide bonds. The normalized spacial score (nSPS) is 23.2. The van der Waals surface area contributed by atoms with Gasteiger partial charge in [0.1, 0.15) is 17.9 Å². The minimum Gasteiger partial charge on any atom is -0.343 e. The highest BCUT2D eigenvalue weighted by molar-refractivity contribution is 6.34. The molecular formula is C14H16ClFN2O2. The third-order valence-corrected chi connectivity index (χ3v) is 3.63. The number of rotatable bonds is 2. The van der Waals surface area contributed by atoms with E-state index in [1.807, 2.05) is 0 Å². The Kier molecular flexibility index (Phi) is 3.99. The zero-order chi connectivity index (χ0) is 15.0. The van der Waals surface area contributed by atoms with Gasteiger partial charge in [0.2, 0.25) is 11.8 Å². The molecule has 0 aromatic heterocycles. The van der Waals surface area contributed by atoms with E-state index in [2.05, 4.69) is 5.32 Å². The van der Waals surface area contributed by atoms with Crippen LogP contribution in [-0.4, -0.2) is 23.9 Å². The summed E-state index contributed by atoms with van der Waals surface area (Å²) in [6.07, 6.45) is 0. The number of nitrogens with one attached hydrogen (secondary N) is 1. The molecule has 2 unspecified atom stereocenters. The number of carbonyl (C=O) groups is 2. The molecule has 2 atom stereocenters. The topological polar surface area (TPSA) is 49.4 Å². The van der Waals surface area contributed by atoms with Gasteiger partial charge in [-0.1, -0.05) is 31.5 Å². The number of amides is 2. The van der Waals surface area contributed by atoms with E-state index in [9.17, 15) is 14.0 Å². The number of para-hydroxylation sites is 1. The van der Waals surface area contributed by atoms with Crippen LogP contribution in [0.3, 0.4) is 0 Å². The van der Waals surface area contributed by atoms with Crippen LogP contribution in [0.25, 0.3) is 0 Å². The molecule has 1 aliphatic heterocycles. The van der Waals surface area contributed by atoms with Gasteiger partial charge in [0.05, 0.1) is 10.7 Å². The number of anilines is 1. The molecule has 4 nitrogen and oxygen atoms in total. The molecule has 6 heteroatoms. The Bertz CT molecular complexity index is 542. The Morgan fingerprint density at radius 1 is 1.35 bits per heavy atom. The summed E-state index contributed by atoms with van der Waals surface area (Å²) in [5.74, 6) is -1.44. The van der Waals surface area contributed by atoms with Crippen LogP contribution in [0.2, 0.25) is 5.02 Å². The van der Waals surface area contributed by atoms with E-state index in [1.54, 1.807) is 20.8 Å². The maximum atomic E-state index is 14.1. The highest BCUT2D eigenvalue weighted by Crippen LogP contribution is 2.33. The number of carbonyl (C=O) groups excluding carboxylic acids is 2. The molecule has 0 spiro atoms. The number of hydrogen-bond acceptors (Lipinski definition) is 2. The monoisotopic (exact) mass is 298 g/mol. The third-order valence-electron chi connectivity index (χ3n) is 3.32. The highest BCUT2D eigenvalue weighted by atomic mass is 35.5. The van der Waals surface area contributed by atoms with Gasteiger partial charge >= 0.3 is 0 Å². The standard InChI is InChI=1S/C14H16ClFN2O2/c1-7(2)11-13(19)17-8(3)14(20)18(11)12-9(15)5-4-6-10(12)16/h4-8,11H,1-3H3,(H,17,19). The van der Waals surface area contributed by atoms with Crippen molar-refractivity contribution in [2.75, 3.05) is 4.90 Å². The van der Waals surface area contributed by atoms with Gasteiger partial charge in [-0.15, -0.1) is 0 Å². The van der Waals surface area contributed by atoms with E-state index in [0.717, 1.165) is 0 Å². The predicted molar refractivity (Wildman–Crippen MR) is 75.1 cm³/mol. The molecule has 1 fully saturated rings. The largest absolute Gasteiger partial charge is 0.343 e. The SMILES string of the molecule is CC1NC(=O)C(C(C)C)N(c2c(F)cccc2Cl)C1=O. The molecule has 1 aromatic carbocycles. The first-order chi connectivity index (χ1) is 9.34. The predicted octanol–water partition coefficient (Wildman–Crippen LogP) is 2.36. The van der Waals surface area contributed by atoms with Crippen molar-refractivity contribution in [2.24, 2.45) is 5.92 Å². The molecule has 1 N–H and O–H groups in total. The molecule has 0 radical (unpaired) electrons. The van der Waals surface area contributed by atoms with Crippen molar-refractivity contribution >= 4 is 29.1 Å². The summed E-state index contributed by atoms with van der Waals surface area (Å²) in [4.78, 5) is 25.7. The third kappa shape index (κ3) is 2.38. The van der Waals surface area contributed by atoms with Crippen molar-refractivity contribution in [2.45, 2.75) is 32.9 Å². The molecule has 1 aromatic rings. The van der Waals surface area contributed by atoms with Crippen LogP contribution in [0, 0.1) is 11.7 Å². The van der Waals surface area contributed by atoms with Crippen LogP contribution in [0.5, 0.6) is 0 Å². The molecule has 108 valence electrons. The summed E-state index contributed by atoms with van der Waals surface area (Å²) < 4.78 is 14.1. The van der Waals surface area contributed by atoms with E-state index in [-0.39, 0.29) is 28.4 Å². The number of hydrogen-bond donors (Lipinski definition) is 1. The molecule has 0 aliphatic carbocycles. The second-order valence-corrected chi connectivity index (χ2v) is 5.60. The Hall–Kier alpha value is -1.62. The van der Waals surface area contributed by atoms with E-state index in [0.29, 0.717) is 0 Å². The lowest BCUT2D eigenvalue weighted by Gasteiger charge is -2.40. The highest BCUT2D eigenvalue weighted by Gasteiger charge is 2.42. The fourth-order valence-electron chi connectivity index (χ4n) is 2.39. The van der Waals surface area contributed by atoms with Gasteiger partial charge in [-0.05, 0) is 25.0 Å². The quantitative estimate of drug-likeness (QED) is 0.911. The van der Waals surface area contributed by atoms with Crippen molar-refractivity contribution in [3.05, 3.63) is 29.0 Å². The molecule has 2 rings (SSSR count). The molecule has 1 heterocycles. The van der Waals surface area contributed by atoms with E-state index in [1.165, 1.54) is 23.1 Å². The van der Waals surface area contributed by atoms with Crippen LogP contribution in [-0.2, 0) is 9.59 Å². The Labute approximate surface area is 121 Å². The van der Waals surface area contributed by atoms with Gasteiger partial charge < -0.3 is 5.32 Å². The van der Waals surface area contributed by atoms with Crippen molar-refractivity contribution in [1.82, 2.24) is 5.32 Å². The summed E-state index contributed by atoms with van der Waals surface area (Å²) in [7, 11) is 0. The number of halogens is 2. The zero-order valence-electron chi connectivity index (χ0n) is 11.5. The molecule has 1 aliphatic rings. The van der Waals surface area contributed by atoms with Gasteiger partial charge in [-0.3, -0.25) is 14.5 Å². The number of nitrogens with zero attached hydrogens (tertiary/aromatic N) is 1. The average molecular weight is 299 g/mol. The average Bonchev–Trinajstić information content (AvgIpc) is 2.34. The van der Waals surface area contributed by atoms with Gasteiger partial charge in [0.15, 0.2) is 0 Å². The second kappa shape index (κ2) is 5.40. The first-order valence-electron chi connectivity index (χ1n) is 6.42. The first-order valence-corrected chi connectivity index (χ1v) is 6.80. The van der Waals surface area contributed by atoms with Crippen molar-refractivity contribution in [1.29, 1.82) is 0 Å². The van der Waals surface area contributed by atoms with E-state index in [4.69, 9.17) is 11.6 Å². The van der Waals surface area contributed by atoms with E-state index < -0.39 is 17.9 Å². The zero-order valence-corrected chi connectivity index (χ0v) is 12.2. The summed E-state index contributed by atoms with van der Waals surface area (Å²) >= 11 is 6.03. The van der Waals surface area contributed by atoms with E-state index >= 15 is 0 Å². The van der Waals surface area contributed by atoms with Gasteiger partial charge in [0, 0.05) is 0 Å². The second-order valence-electron chi connectivity index (χ2n) is 5.20. The smallest absolute Gasteiger partial charge is 0.250 e. The number of benzene rings is 1.